The highest BCUT2D eigenvalue weighted by Crippen LogP contribution is 2.30. The van der Waals surface area contributed by atoms with E-state index in [1.165, 1.54) is 23.1 Å². The van der Waals surface area contributed by atoms with E-state index in [1.807, 2.05) is 0 Å². The SMILES string of the molecule is O=C(O)c1cc(N2C(=O)SCC2=S)ccc1O. The minimum Gasteiger partial charge on any atom is -0.507 e. The predicted octanol–water partition coefficient (Wildman–Crippen LogP) is 2.09. The van der Waals surface area contributed by atoms with Crippen LogP contribution in [0.15, 0.2) is 18.2 Å². The van der Waals surface area contributed by atoms with Crippen LogP contribution in [0.4, 0.5) is 10.5 Å². The summed E-state index contributed by atoms with van der Waals surface area (Å²) in [5.41, 5.74) is 0.107. The molecule has 1 fully saturated rings. The Morgan fingerprint density at radius 2 is 2.18 bits per heavy atom. The zero-order chi connectivity index (χ0) is 12.6. The van der Waals surface area contributed by atoms with Gasteiger partial charge in [0, 0.05) is 0 Å². The number of rotatable bonds is 2. The second kappa shape index (κ2) is 4.34. The van der Waals surface area contributed by atoms with Gasteiger partial charge in [-0.3, -0.25) is 9.69 Å². The van der Waals surface area contributed by atoms with Gasteiger partial charge in [0.15, 0.2) is 0 Å². The third kappa shape index (κ3) is 2.11. The van der Waals surface area contributed by atoms with Crippen LogP contribution in [0.25, 0.3) is 0 Å². The maximum atomic E-state index is 11.5. The number of carbonyl (C=O) groups excluding carboxylic acids is 1. The second-order valence-corrected chi connectivity index (χ2v) is 4.69. The Kier molecular flexibility index (Phi) is 3.03. The molecule has 1 aliphatic rings. The molecule has 1 saturated heterocycles. The number of carbonyl (C=O) groups is 2. The molecule has 88 valence electrons. The Labute approximate surface area is 106 Å². The molecular formula is C10H7NO4S2. The van der Waals surface area contributed by atoms with Crippen molar-refractivity contribution in [2.24, 2.45) is 0 Å². The van der Waals surface area contributed by atoms with Crippen molar-refractivity contribution in [3.8, 4) is 5.75 Å². The van der Waals surface area contributed by atoms with Gasteiger partial charge >= 0.3 is 5.97 Å². The van der Waals surface area contributed by atoms with Crippen LogP contribution < -0.4 is 4.90 Å². The van der Waals surface area contributed by atoms with Crippen molar-refractivity contribution in [1.29, 1.82) is 0 Å². The minimum atomic E-state index is -1.26. The van der Waals surface area contributed by atoms with Gasteiger partial charge in [0.05, 0.1) is 11.4 Å². The molecule has 1 aromatic carbocycles. The van der Waals surface area contributed by atoms with Crippen LogP contribution in [0.1, 0.15) is 10.4 Å². The Morgan fingerprint density at radius 1 is 1.47 bits per heavy atom. The molecule has 7 heteroatoms. The minimum absolute atomic E-state index is 0.239. The lowest BCUT2D eigenvalue weighted by Gasteiger charge is -2.15. The van der Waals surface area contributed by atoms with Crippen molar-refractivity contribution in [2.75, 3.05) is 10.7 Å². The van der Waals surface area contributed by atoms with Crippen LogP contribution >= 0.6 is 24.0 Å². The first kappa shape index (κ1) is 11.9. The Morgan fingerprint density at radius 3 is 2.71 bits per heavy atom. The number of carboxylic acid groups (broad SMARTS) is 1. The molecular weight excluding hydrogens is 262 g/mol. The summed E-state index contributed by atoms with van der Waals surface area (Å²) in [5.74, 6) is -1.18. The molecule has 0 spiro atoms. The highest BCUT2D eigenvalue weighted by atomic mass is 32.2. The topological polar surface area (TPSA) is 77.8 Å². The van der Waals surface area contributed by atoms with Gasteiger partial charge in [-0.1, -0.05) is 24.0 Å². The highest BCUT2D eigenvalue weighted by molar-refractivity contribution is 8.16. The van der Waals surface area contributed by atoms with E-state index in [-0.39, 0.29) is 16.6 Å². The van der Waals surface area contributed by atoms with E-state index in [1.54, 1.807) is 0 Å². The number of hydrogen-bond donors (Lipinski definition) is 2. The standard InChI is InChI=1S/C10H7NO4S2/c12-7-2-1-5(3-6(7)9(13)14)11-8(16)4-17-10(11)15/h1-3,12H,4H2,(H,13,14). The first-order valence-electron chi connectivity index (χ1n) is 4.56. The zero-order valence-corrected chi connectivity index (χ0v) is 10.0. The molecule has 0 aromatic heterocycles. The monoisotopic (exact) mass is 269 g/mol. The summed E-state index contributed by atoms with van der Waals surface area (Å²) < 4.78 is 0. The van der Waals surface area contributed by atoms with Crippen LogP contribution in [-0.4, -0.2) is 32.2 Å². The van der Waals surface area contributed by atoms with Crippen molar-refractivity contribution < 1.29 is 19.8 Å². The zero-order valence-electron chi connectivity index (χ0n) is 8.41. The molecule has 17 heavy (non-hydrogen) atoms. The number of aromatic carboxylic acids is 1. The van der Waals surface area contributed by atoms with E-state index >= 15 is 0 Å². The van der Waals surface area contributed by atoms with Crippen LogP contribution in [0, 0.1) is 0 Å². The maximum Gasteiger partial charge on any atom is 0.339 e. The third-order valence-electron chi connectivity index (χ3n) is 2.22. The summed E-state index contributed by atoms with van der Waals surface area (Å²) in [4.78, 5) is 24.1. The fraction of sp³-hybridized carbons (Fsp3) is 0.100. The van der Waals surface area contributed by atoms with E-state index in [9.17, 15) is 14.7 Å². The molecule has 0 atom stereocenters. The summed E-state index contributed by atoms with van der Waals surface area (Å²) in [6.45, 7) is 0. The molecule has 1 amide bonds. The maximum absolute atomic E-state index is 11.5. The summed E-state index contributed by atoms with van der Waals surface area (Å²) in [5, 5.41) is 18.0. The second-order valence-electron chi connectivity index (χ2n) is 3.29. The van der Waals surface area contributed by atoms with Gasteiger partial charge in [-0.2, -0.15) is 0 Å². The van der Waals surface area contributed by atoms with Gasteiger partial charge in [-0.25, -0.2) is 4.79 Å². The number of phenols is 1. The molecule has 5 nitrogen and oxygen atoms in total. The number of aromatic hydroxyl groups is 1. The van der Waals surface area contributed by atoms with Gasteiger partial charge in [0.2, 0.25) is 0 Å². The van der Waals surface area contributed by atoms with E-state index < -0.39 is 5.97 Å². The van der Waals surface area contributed by atoms with E-state index in [2.05, 4.69) is 0 Å². The van der Waals surface area contributed by atoms with E-state index in [0.29, 0.717) is 16.4 Å². The number of anilines is 1. The van der Waals surface area contributed by atoms with E-state index in [0.717, 1.165) is 11.8 Å². The summed E-state index contributed by atoms with van der Waals surface area (Å²) >= 11 is 6.08. The van der Waals surface area contributed by atoms with Gasteiger partial charge in [0.1, 0.15) is 16.3 Å². The van der Waals surface area contributed by atoms with Gasteiger partial charge in [-0.15, -0.1) is 0 Å². The fourth-order valence-corrected chi connectivity index (χ4v) is 2.58. The number of hydrogen-bond acceptors (Lipinski definition) is 5. The Hall–Kier alpha value is -1.60. The molecule has 1 heterocycles. The molecule has 0 saturated carbocycles. The number of amides is 1. The lowest BCUT2D eigenvalue weighted by molar-refractivity contribution is 0.0693. The number of nitrogens with zero attached hydrogens (tertiary/aromatic N) is 1. The highest BCUT2D eigenvalue weighted by Gasteiger charge is 2.29. The lowest BCUT2D eigenvalue weighted by Crippen LogP contribution is -2.26. The molecule has 0 bridgehead atoms. The third-order valence-corrected chi connectivity index (χ3v) is 3.58. The summed E-state index contributed by atoms with van der Waals surface area (Å²) in [7, 11) is 0. The van der Waals surface area contributed by atoms with Gasteiger partial charge in [0.25, 0.3) is 5.24 Å². The molecule has 1 aromatic rings. The van der Waals surface area contributed by atoms with Gasteiger partial charge < -0.3 is 10.2 Å². The normalized spacial score (nSPS) is 15.4. The van der Waals surface area contributed by atoms with Crippen molar-refractivity contribution in [3.05, 3.63) is 23.8 Å². The van der Waals surface area contributed by atoms with Crippen molar-refractivity contribution >= 4 is 45.9 Å². The fourth-order valence-electron chi connectivity index (χ4n) is 1.44. The largest absolute Gasteiger partial charge is 0.507 e. The quantitative estimate of drug-likeness (QED) is 0.800. The Balaban J connectivity index is 2.46. The van der Waals surface area contributed by atoms with Crippen LogP contribution in [0.5, 0.6) is 5.75 Å². The van der Waals surface area contributed by atoms with Crippen LogP contribution in [0.3, 0.4) is 0 Å². The van der Waals surface area contributed by atoms with Crippen LogP contribution in [-0.2, 0) is 0 Å². The van der Waals surface area contributed by atoms with Crippen molar-refractivity contribution in [3.63, 3.8) is 0 Å². The number of thiocarbonyl (C=S) groups is 1. The summed E-state index contributed by atoms with van der Waals surface area (Å²) in [6.07, 6.45) is 0. The average molecular weight is 269 g/mol. The van der Waals surface area contributed by atoms with E-state index in [4.69, 9.17) is 17.3 Å². The molecule has 2 rings (SSSR count). The van der Waals surface area contributed by atoms with Crippen LogP contribution in [0.2, 0.25) is 0 Å². The lowest BCUT2D eigenvalue weighted by atomic mass is 10.1. The number of benzene rings is 1. The Bertz CT molecular complexity index is 513. The molecule has 0 unspecified atom stereocenters. The average Bonchev–Trinajstić information content (AvgIpc) is 2.59. The van der Waals surface area contributed by atoms with Crippen molar-refractivity contribution in [1.82, 2.24) is 0 Å². The van der Waals surface area contributed by atoms with Gasteiger partial charge in [-0.05, 0) is 18.2 Å². The molecule has 0 radical (unpaired) electrons. The first-order chi connectivity index (χ1) is 8.00. The molecule has 1 aliphatic heterocycles. The molecule has 0 aliphatic carbocycles. The molecule has 2 N–H and O–H groups in total. The van der Waals surface area contributed by atoms with Crippen molar-refractivity contribution in [2.45, 2.75) is 0 Å². The number of carboxylic acids is 1. The smallest absolute Gasteiger partial charge is 0.339 e. The summed E-state index contributed by atoms with van der Waals surface area (Å²) in [6, 6.07) is 3.92. The predicted molar refractivity (Wildman–Crippen MR) is 68.0 cm³/mol. The number of thioether (sulfide) groups is 1. The first-order valence-corrected chi connectivity index (χ1v) is 5.96.